The van der Waals surface area contributed by atoms with Gasteiger partial charge in [-0.2, -0.15) is 0 Å². The lowest BCUT2D eigenvalue weighted by Crippen LogP contribution is -2.45. The van der Waals surface area contributed by atoms with E-state index in [1.807, 2.05) is 39.1 Å². The number of likely N-dealkylation sites (tertiary alicyclic amines) is 1. The molecule has 1 saturated heterocycles. The number of hydrogen-bond donors (Lipinski definition) is 1. The predicted octanol–water partition coefficient (Wildman–Crippen LogP) is 3.19. The van der Waals surface area contributed by atoms with E-state index in [1.54, 1.807) is 4.90 Å². The topological polar surface area (TPSA) is 58.6 Å². The molecule has 1 aromatic heterocycles. The van der Waals surface area contributed by atoms with Crippen LogP contribution in [0.25, 0.3) is 0 Å². The van der Waals surface area contributed by atoms with E-state index in [-0.39, 0.29) is 18.0 Å². The van der Waals surface area contributed by atoms with E-state index < -0.39 is 5.60 Å². The van der Waals surface area contributed by atoms with E-state index in [0.717, 1.165) is 23.3 Å². The molecule has 0 aliphatic carbocycles. The van der Waals surface area contributed by atoms with Crippen LogP contribution < -0.4 is 5.32 Å². The molecule has 0 unspecified atom stereocenters. The minimum Gasteiger partial charge on any atom is -0.444 e. The second-order valence-electron chi connectivity index (χ2n) is 6.61. The summed E-state index contributed by atoms with van der Waals surface area (Å²) < 4.78 is 5.43. The first-order valence-corrected chi connectivity index (χ1v) is 8.48. The van der Waals surface area contributed by atoms with Crippen molar-refractivity contribution in [2.75, 3.05) is 13.1 Å². The zero-order chi connectivity index (χ0) is 16.3. The number of nitrogens with one attached hydrogen (secondary N) is 1. The molecule has 1 aliphatic rings. The van der Waals surface area contributed by atoms with Crippen LogP contribution >= 0.6 is 11.3 Å². The van der Waals surface area contributed by atoms with Crippen molar-refractivity contribution in [2.24, 2.45) is 0 Å². The molecule has 0 radical (unpaired) electrons. The van der Waals surface area contributed by atoms with Crippen LogP contribution in [-0.2, 0) is 4.74 Å². The minimum atomic E-state index is -0.498. The summed E-state index contributed by atoms with van der Waals surface area (Å²) >= 11 is 1.44. The van der Waals surface area contributed by atoms with Gasteiger partial charge in [-0.3, -0.25) is 4.79 Å². The largest absolute Gasteiger partial charge is 0.444 e. The van der Waals surface area contributed by atoms with Crippen molar-refractivity contribution >= 4 is 23.3 Å². The normalized spacial score (nSPS) is 18.4. The van der Waals surface area contributed by atoms with E-state index in [0.29, 0.717) is 13.1 Å². The van der Waals surface area contributed by atoms with Crippen LogP contribution in [0, 0.1) is 6.92 Å². The first kappa shape index (κ1) is 16.8. The lowest BCUT2D eigenvalue weighted by molar-refractivity contribution is 0.0225. The molecule has 0 bridgehead atoms. The fourth-order valence-corrected chi connectivity index (χ4v) is 3.35. The second-order valence-corrected chi connectivity index (χ2v) is 7.53. The highest BCUT2D eigenvalue weighted by atomic mass is 32.1. The maximum Gasteiger partial charge on any atom is 0.410 e. The Balaban J connectivity index is 1.90. The van der Waals surface area contributed by atoms with Crippen molar-refractivity contribution in [3.63, 3.8) is 0 Å². The number of carbonyl (C=O) groups is 2. The maximum atomic E-state index is 12.2. The van der Waals surface area contributed by atoms with Gasteiger partial charge in [0, 0.05) is 13.1 Å². The third kappa shape index (κ3) is 4.22. The predicted molar refractivity (Wildman–Crippen MR) is 87.4 cm³/mol. The Morgan fingerprint density at radius 1 is 1.45 bits per heavy atom. The SMILES string of the molecule is Cc1ccsc1C(=O)NC[C@H]1CCCN1C(=O)OC(C)(C)C. The van der Waals surface area contributed by atoms with Crippen LogP contribution in [0.4, 0.5) is 4.79 Å². The fraction of sp³-hybridized carbons (Fsp3) is 0.625. The first-order valence-electron chi connectivity index (χ1n) is 7.60. The molecule has 1 atom stereocenters. The Bertz CT molecular complexity index is 548. The monoisotopic (exact) mass is 324 g/mol. The Morgan fingerprint density at radius 2 is 2.18 bits per heavy atom. The van der Waals surface area contributed by atoms with Crippen LogP contribution in [-0.4, -0.2) is 41.6 Å². The number of hydrogen-bond acceptors (Lipinski definition) is 4. The fourth-order valence-electron chi connectivity index (χ4n) is 2.50. The summed E-state index contributed by atoms with van der Waals surface area (Å²) in [4.78, 5) is 26.8. The number of carbonyl (C=O) groups excluding carboxylic acids is 2. The van der Waals surface area contributed by atoms with Crippen LogP contribution in [0.15, 0.2) is 11.4 Å². The average Bonchev–Trinajstić information content (AvgIpc) is 3.02. The first-order chi connectivity index (χ1) is 10.3. The third-order valence-corrected chi connectivity index (χ3v) is 4.59. The molecule has 1 N–H and O–H groups in total. The van der Waals surface area contributed by atoms with Gasteiger partial charge in [-0.1, -0.05) is 0 Å². The van der Waals surface area contributed by atoms with Crippen molar-refractivity contribution < 1.29 is 14.3 Å². The van der Waals surface area contributed by atoms with Gasteiger partial charge < -0.3 is 15.0 Å². The number of amides is 2. The molecule has 1 aliphatic heterocycles. The van der Waals surface area contributed by atoms with Gasteiger partial charge in [0.25, 0.3) is 5.91 Å². The van der Waals surface area contributed by atoms with Crippen molar-refractivity contribution in [3.8, 4) is 0 Å². The molecule has 2 rings (SSSR count). The highest BCUT2D eigenvalue weighted by Crippen LogP contribution is 2.21. The van der Waals surface area contributed by atoms with Gasteiger partial charge in [0.1, 0.15) is 5.60 Å². The van der Waals surface area contributed by atoms with E-state index in [1.165, 1.54) is 11.3 Å². The number of rotatable bonds is 3. The van der Waals surface area contributed by atoms with Gasteiger partial charge in [-0.05, 0) is 57.5 Å². The van der Waals surface area contributed by atoms with Crippen LogP contribution in [0.2, 0.25) is 0 Å². The molecule has 122 valence electrons. The van der Waals surface area contributed by atoms with Gasteiger partial charge in [0.15, 0.2) is 0 Å². The summed E-state index contributed by atoms with van der Waals surface area (Å²) in [5.41, 5.74) is 0.486. The zero-order valence-electron chi connectivity index (χ0n) is 13.6. The number of aryl methyl sites for hydroxylation is 1. The smallest absolute Gasteiger partial charge is 0.410 e. The molecule has 5 nitrogen and oxygen atoms in total. The summed E-state index contributed by atoms with van der Waals surface area (Å²) in [6, 6.07) is 1.95. The highest BCUT2D eigenvalue weighted by molar-refractivity contribution is 7.12. The third-order valence-electron chi connectivity index (χ3n) is 3.57. The Labute approximate surface area is 135 Å². The Hall–Kier alpha value is -1.56. The number of thiophene rings is 1. The summed E-state index contributed by atoms with van der Waals surface area (Å²) in [5.74, 6) is -0.0662. The summed E-state index contributed by atoms with van der Waals surface area (Å²) in [6.07, 6.45) is 1.54. The molecule has 2 heterocycles. The van der Waals surface area contributed by atoms with Crippen molar-refractivity contribution in [3.05, 3.63) is 21.9 Å². The molecule has 6 heteroatoms. The van der Waals surface area contributed by atoms with Crippen LogP contribution in [0.3, 0.4) is 0 Å². The molecule has 22 heavy (non-hydrogen) atoms. The number of ether oxygens (including phenoxy) is 1. The van der Waals surface area contributed by atoms with Crippen molar-refractivity contribution in [1.29, 1.82) is 0 Å². The minimum absolute atomic E-state index is 0.0130. The van der Waals surface area contributed by atoms with Gasteiger partial charge in [-0.15, -0.1) is 11.3 Å². The molecule has 1 fully saturated rings. The van der Waals surface area contributed by atoms with Crippen molar-refractivity contribution in [1.82, 2.24) is 10.2 Å². The quantitative estimate of drug-likeness (QED) is 0.929. The lowest BCUT2D eigenvalue weighted by Gasteiger charge is -2.28. The van der Waals surface area contributed by atoms with E-state index in [9.17, 15) is 9.59 Å². The van der Waals surface area contributed by atoms with Gasteiger partial charge in [-0.25, -0.2) is 4.79 Å². The molecule has 1 aromatic rings. The highest BCUT2D eigenvalue weighted by Gasteiger charge is 2.32. The molecule has 2 amide bonds. The molecular formula is C16H24N2O3S. The zero-order valence-corrected chi connectivity index (χ0v) is 14.5. The number of nitrogens with zero attached hydrogens (tertiary/aromatic N) is 1. The van der Waals surface area contributed by atoms with E-state index in [4.69, 9.17) is 4.74 Å². The molecular weight excluding hydrogens is 300 g/mol. The standard InChI is InChI=1S/C16H24N2O3S/c1-11-7-9-22-13(11)14(19)17-10-12-6-5-8-18(12)15(20)21-16(2,3)4/h7,9,12H,5-6,8,10H2,1-4H3,(H,17,19)/t12-/m1/s1. The Morgan fingerprint density at radius 3 is 2.77 bits per heavy atom. The second kappa shape index (κ2) is 6.69. The average molecular weight is 324 g/mol. The van der Waals surface area contributed by atoms with Gasteiger partial charge in [0.05, 0.1) is 10.9 Å². The lowest BCUT2D eigenvalue weighted by atomic mass is 10.2. The molecule has 0 spiro atoms. The van der Waals surface area contributed by atoms with Gasteiger partial charge >= 0.3 is 6.09 Å². The van der Waals surface area contributed by atoms with E-state index >= 15 is 0 Å². The maximum absolute atomic E-state index is 12.2. The van der Waals surface area contributed by atoms with Gasteiger partial charge in [0.2, 0.25) is 0 Å². The van der Waals surface area contributed by atoms with Crippen molar-refractivity contribution in [2.45, 2.75) is 52.2 Å². The van der Waals surface area contributed by atoms with E-state index in [2.05, 4.69) is 5.32 Å². The summed E-state index contributed by atoms with van der Waals surface area (Å²) in [7, 11) is 0. The molecule has 0 saturated carbocycles. The van der Waals surface area contributed by atoms with Crippen LogP contribution in [0.1, 0.15) is 48.8 Å². The summed E-state index contributed by atoms with van der Waals surface area (Å²) in [5, 5.41) is 4.85. The molecule has 0 aromatic carbocycles. The Kier molecular flexibility index (Phi) is 5.11. The summed E-state index contributed by atoms with van der Waals surface area (Å²) in [6.45, 7) is 8.66. The van der Waals surface area contributed by atoms with Crippen LogP contribution in [0.5, 0.6) is 0 Å².